The van der Waals surface area contributed by atoms with Crippen LogP contribution in [0, 0.1) is 5.82 Å². The molecule has 1 aromatic heterocycles. The van der Waals surface area contributed by atoms with Gasteiger partial charge in [0.25, 0.3) is 0 Å². The third kappa shape index (κ3) is 4.48. The minimum Gasteiger partial charge on any atom is -0.496 e. The molecule has 3 rings (SSSR count). The first-order valence-corrected chi connectivity index (χ1v) is 10.1. The fourth-order valence-corrected chi connectivity index (χ4v) is 3.77. The Labute approximate surface area is 173 Å². The molecule has 0 aliphatic rings. The fraction of sp³-hybridized carbons (Fsp3) is 0.300. The van der Waals surface area contributed by atoms with Gasteiger partial charge in [0.05, 0.1) is 13.2 Å². The van der Waals surface area contributed by atoms with Gasteiger partial charge in [0, 0.05) is 22.0 Å². The molecular weight excluding hydrogens is 399 g/mol. The molecule has 2 aromatic carbocycles. The van der Waals surface area contributed by atoms with Crippen molar-refractivity contribution in [3.63, 3.8) is 0 Å². The molecule has 1 heterocycles. The minimum absolute atomic E-state index is 0.0567. The van der Waals surface area contributed by atoms with Gasteiger partial charge in [0.1, 0.15) is 11.6 Å². The molecule has 0 fully saturated rings. The number of benzene rings is 2. The maximum atomic E-state index is 13.7. The van der Waals surface area contributed by atoms with Gasteiger partial charge in [-0.05, 0) is 63.5 Å². The van der Waals surface area contributed by atoms with Crippen LogP contribution in [0.25, 0.3) is 5.69 Å². The molecule has 148 valence electrons. The number of hydrogen-bond donors (Lipinski definition) is 0. The van der Waals surface area contributed by atoms with E-state index in [2.05, 4.69) is 22.0 Å². The van der Waals surface area contributed by atoms with Crippen molar-refractivity contribution in [3.05, 3.63) is 64.7 Å². The van der Waals surface area contributed by atoms with Crippen molar-refractivity contribution in [2.24, 2.45) is 0 Å². The third-order valence-corrected chi connectivity index (χ3v) is 5.72. The zero-order valence-corrected chi connectivity index (χ0v) is 17.8. The zero-order chi connectivity index (χ0) is 20.3. The monoisotopic (exact) mass is 420 g/mol. The Morgan fingerprint density at radius 1 is 1.18 bits per heavy atom. The standard InChI is InChI=1S/C20H22ClFN4OS/c1-13(25(2)3)19-23-24-20(26(19)17-8-5-15(21)6-9-17)28-12-14-11-16(22)7-10-18(14)27-4/h5-11,13H,12H2,1-4H3. The number of thioether (sulfide) groups is 1. The second kappa shape index (κ2) is 8.94. The van der Waals surface area contributed by atoms with Gasteiger partial charge in [-0.1, -0.05) is 23.4 Å². The Hall–Kier alpha value is -2.09. The summed E-state index contributed by atoms with van der Waals surface area (Å²) in [4.78, 5) is 2.07. The zero-order valence-electron chi connectivity index (χ0n) is 16.2. The van der Waals surface area contributed by atoms with E-state index in [1.807, 2.05) is 42.9 Å². The van der Waals surface area contributed by atoms with E-state index in [4.69, 9.17) is 16.3 Å². The van der Waals surface area contributed by atoms with Crippen LogP contribution in [0.15, 0.2) is 47.6 Å². The smallest absolute Gasteiger partial charge is 0.196 e. The average Bonchev–Trinajstić information content (AvgIpc) is 3.10. The molecule has 0 N–H and O–H groups in total. The SMILES string of the molecule is COc1ccc(F)cc1CSc1nnc(C(C)N(C)C)n1-c1ccc(Cl)cc1. The molecule has 28 heavy (non-hydrogen) atoms. The number of halogens is 2. The maximum absolute atomic E-state index is 13.7. The summed E-state index contributed by atoms with van der Waals surface area (Å²) >= 11 is 7.53. The molecule has 0 aliphatic carbocycles. The highest BCUT2D eigenvalue weighted by molar-refractivity contribution is 7.98. The Kier molecular flexibility index (Phi) is 6.59. The Balaban J connectivity index is 1.97. The predicted octanol–water partition coefficient (Wildman–Crippen LogP) is 4.98. The van der Waals surface area contributed by atoms with Gasteiger partial charge in [-0.15, -0.1) is 10.2 Å². The number of methoxy groups -OCH3 is 1. The van der Waals surface area contributed by atoms with Crippen LogP contribution in [-0.4, -0.2) is 40.9 Å². The van der Waals surface area contributed by atoms with Crippen LogP contribution in [0.4, 0.5) is 4.39 Å². The molecule has 8 heteroatoms. The van der Waals surface area contributed by atoms with Gasteiger partial charge in [-0.3, -0.25) is 9.47 Å². The summed E-state index contributed by atoms with van der Waals surface area (Å²) in [7, 11) is 5.57. The first-order chi connectivity index (χ1) is 13.4. The van der Waals surface area contributed by atoms with Gasteiger partial charge < -0.3 is 4.74 Å². The molecule has 0 saturated carbocycles. The molecule has 0 saturated heterocycles. The van der Waals surface area contributed by atoms with Crippen LogP contribution in [0.3, 0.4) is 0 Å². The second-order valence-electron chi connectivity index (χ2n) is 6.54. The topological polar surface area (TPSA) is 43.2 Å². The van der Waals surface area contributed by atoms with Gasteiger partial charge in [0.2, 0.25) is 0 Å². The summed E-state index contributed by atoms with van der Waals surface area (Å²) in [5.41, 5.74) is 1.69. The lowest BCUT2D eigenvalue weighted by Gasteiger charge is -2.20. The summed E-state index contributed by atoms with van der Waals surface area (Å²) in [5.74, 6) is 1.68. The molecule has 1 atom stereocenters. The van der Waals surface area contributed by atoms with Crippen molar-refractivity contribution < 1.29 is 9.13 Å². The first-order valence-electron chi connectivity index (χ1n) is 8.73. The summed E-state index contributed by atoms with van der Waals surface area (Å²) < 4.78 is 21.0. The van der Waals surface area contributed by atoms with E-state index in [-0.39, 0.29) is 11.9 Å². The number of nitrogens with zero attached hydrogens (tertiary/aromatic N) is 4. The van der Waals surface area contributed by atoms with Gasteiger partial charge >= 0.3 is 0 Å². The second-order valence-corrected chi connectivity index (χ2v) is 7.92. The van der Waals surface area contributed by atoms with Crippen LogP contribution >= 0.6 is 23.4 Å². The van der Waals surface area contributed by atoms with Crippen molar-refractivity contribution in [2.75, 3.05) is 21.2 Å². The van der Waals surface area contributed by atoms with Crippen LogP contribution in [0.5, 0.6) is 5.75 Å². The summed E-state index contributed by atoms with van der Waals surface area (Å²) in [5, 5.41) is 10.2. The van der Waals surface area contributed by atoms with Crippen molar-refractivity contribution in [1.82, 2.24) is 19.7 Å². The number of hydrogen-bond acceptors (Lipinski definition) is 5. The van der Waals surface area contributed by atoms with Gasteiger partial charge in [-0.2, -0.15) is 0 Å². The van der Waals surface area contributed by atoms with E-state index in [1.54, 1.807) is 13.2 Å². The van der Waals surface area contributed by atoms with Gasteiger partial charge in [-0.25, -0.2) is 4.39 Å². The van der Waals surface area contributed by atoms with Crippen molar-refractivity contribution in [2.45, 2.75) is 23.9 Å². The highest BCUT2D eigenvalue weighted by Gasteiger charge is 2.21. The van der Waals surface area contributed by atoms with Crippen molar-refractivity contribution >= 4 is 23.4 Å². The minimum atomic E-state index is -0.294. The number of aromatic nitrogens is 3. The van der Waals surface area contributed by atoms with Crippen LogP contribution in [0.2, 0.25) is 5.02 Å². The Morgan fingerprint density at radius 3 is 2.54 bits per heavy atom. The van der Waals surface area contributed by atoms with Crippen molar-refractivity contribution in [1.29, 1.82) is 0 Å². The summed E-state index contributed by atoms with van der Waals surface area (Å²) in [6.45, 7) is 2.07. The summed E-state index contributed by atoms with van der Waals surface area (Å²) in [6, 6.07) is 12.1. The molecule has 3 aromatic rings. The normalized spacial score (nSPS) is 12.4. The fourth-order valence-electron chi connectivity index (χ4n) is 2.71. The van der Waals surface area contributed by atoms with Crippen molar-refractivity contribution in [3.8, 4) is 11.4 Å². The molecule has 0 bridgehead atoms. The van der Waals surface area contributed by atoms with E-state index in [1.165, 1.54) is 23.9 Å². The van der Waals surface area contributed by atoms with E-state index in [0.717, 1.165) is 22.2 Å². The number of ether oxygens (including phenoxy) is 1. The van der Waals surface area contributed by atoms with Crippen LogP contribution < -0.4 is 4.74 Å². The molecule has 0 aliphatic heterocycles. The summed E-state index contributed by atoms with van der Waals surface area (Å²) in [6.07, 6.45) is 0. The lowest BCUT2D eigenvalue weighted by molar-refractivity contribution is 0.305. The third-order valence-electron chi connectivity index (χ3n) is 4.49. The Bertz CT molecular complexity index is 946. The van der Waals surface area contributed by atoms with E-state index in [9.17, 15) is 4.39 Å². The first kappa shape index (κ1) is 20.6. The molecule has 1 unspecified atom stereocenters. The lowest BCUT2D eigenvalue weighted by atomic mass is 10.2. The van der Waals surface area contributed by atoms with E-state index >= 15 is 0 Å². The lowest BCUT2D eigenvalue weighted by Crippen LogP contribution is -2.20. The van der Waals surface area contributed by atoms with Gasteiger partial charge in [0.15, 0.2) is 11.0 Å². The molecule has 0 radical (unpaired) electrons. The van der Waals surface area contributed by atoms with E-state index < -0.39 is 0 Å². The molecule has 5 nitrogen and oxygen atoms in total. The maximum Gasteiger partial charge on any atom is 0.196 e. The average molecular weight is 421 g/mol. The van der Waals surface area contributed by atoms with E-state index in [0.29, 0.717) is 16.5 Å². The molecular formula is C20H22ClFN4OS. The molecule has 0 spiro atoms. The van der Waals surface area contributed by atoms with Crippen LogP contribution in [0.1, 0.15) is 24.4 Å². The van der Waals surface area contributed by atoms with Crippen LogP contribution in [-0.2, 0) is 5.75 Å². The largest absolute Gasteiger partial charge is 0.496 e. The quantitative estimate of drug-likeness (QED) is 0.504. The highest BCUT2D eigenvalue weighted by atomic mass is 35.5. The molecule has 0 amide bonds. The Morgan fingerprint density at radius 2 is 1.89 bits per heavy atom. The highest BCUT2D eigenvalue weighted by Crippen LogP contribution is 2.31. The predicted molar refractivity (Wildman–Crippen MR) is 111 cm³/mol. The number of rotatable bonds is 7.